The Labute approximate surface area is 109 Å². The average molecular weight is 284 g/mol. The molecule has 0 saturated carbocycles. The monoisotopic (exact) mass is 284 g/mol. The minimum Gasteiger partial charge on any atom is -0.266 e. The highest BCUT2D eigenvalue weighted by molar-refractivity contribution is 7.19. The van der Waals surface area contributed by atoms with Gasteiger partial charge in [-0.3, -0.25) is 4.79 Å². The number of benzene rings is 1. The topological polar surface area (TPSA) is 53.3 Å². The zero-order chi connectivity index (χ0) is 14.0. The lowest BCUT2D eigenvalue weighted by molar-refractivity contribution is -0.137. The molecule has 2 rings (SSSR count). The van der Waals surface area contributed by atoms with Crippen molar-refractivity contribution in [2.45, 2.75) is 6.18 Å². The first-order chi connectivity index (χ1) is 8.90. The van der Waals surface area contributed by atoms with E-state index in [1.807, 2.05) is 0 Å². The molecule has 1 amide bonds. The van der Waals surface area contributed by atoms with Crippen molar-refractivity contribution in [3.05, 3.63) is 40.8 Å². The van der Waals surface area contributed by atoms with E-state index in [-0.39, 0.29) is 0 Å². The van der Waals surface area contributed by atoms with Gasteiger partial charge in [-0.05, 0) is 29.7 Å². The molecule has 7 heteroatoms. The van der Waals surface area contributed by atoms with Crippen molar-refractivity contribution in [3.8, 4) is 0 Å². The van der Waals surface area contributed by atoms with Crippen LogP contribution in [0.15, 0.2) is 35.5 Å². The van der Waals surface area contributed by atoms with Crippen molar-refractivity contribution < 1.29 is 18.0 Å². The molecule has 2 aromatic rings. The fourth-order valence-electron chi connectivity index (χ4n) is 1.50. The van der Waals surface area contributed by atoms with Gasteiger partial charge in [0.2, 0.25) is 0 Å². The van der Waals surface area contributed by atoms with Gasteiger partial charge in [0.1, 0.15) is 0 Å². The number of nitrogens with zero attached hydrogens (tertiary/aromatic N) is 1. The molecule has 0 aliphatic heterocycles. The number of nitrogens with one attached hydrogen (secondary N) is 1. The van der Waals surface area contributed by atoms with Crippen LogP contribution in [-0.2, 0) is 11.0 Å². The molecule has 0 spiro atoms. The SMILES string of the molecule is N=NC(=O)/C=C/c1cc2ccc(C(F)(F)F)cc2s1. The predicted molar refractivity (Wildman–Crippen MR) is 66.0 cm³/mol. The summed E-state index contributed by atoms with van der Waals surface area (Å²) in [7, 11) is 0. The molecule has 19 heavy (non-hydrogen) atoms. The summed E-state index contributed by atoms with van der Waals surface area (Å²) in [6.45, 7) is 0. The summed E-state index contributed by atoms with van der Waals surface area (Å²) in [4.78, 5) is 11.4. The molecule has 0 atom stereocenters. The van der Waals surface area contributed by atoms with Crippen molar-refractivity contribution in [3.63, 3.8) is 0 Å². The minimum atomic E-state index is -4.37. The van der Waals surface area contributed by atoms with Crippen LogP contribution in [0, 0.1) is 5.53 Å². The fraction of sp³-hybridized carbons (Fsp3) is 0.0833. The minimum absolute atomic E-state index is 0.490. The summed E-state index contributed by atoms with van der Waals surface area (Å²) in [5.74, 6) is -0.714. The molecule has 0 unspecified atom stereocenters. The molecular formula is C12H7F3N2OS. The number of hydrogen-bond acceptors (Lipinski definition) is 3. The molecule has 0 saturated heterocycles. The van der Waals surface area contributed by atoms with Gasteiger partial charge < -0.3 is 0 Å². The maximum atomic E-state index is 12.5. The van der Waals surface area contributed by atoms with Crippen LogP contribution in [0.3, 0.4) is 0 Å². The van der Waals surface area contributed by atoms with E-state index < -0.39 is 17.6 Å². The maximum absolute atomic E-state index is 12.5. The number of hydrogen-bond donors (Lipinski definition) is 1. The van der Waals surface area contributed by atoms with Crippen LogP contribution < -0.4 is 0 Å². The largest absolute Gasteiger partial charge is 0.416 e. The first-order valence-corrected chi connectivity index (χ1v) is 5.92. The van der Waals surface area contributed by atoms with Crippen LogP contribution >= 0.6 is 11.3 Å². The summed E-state index contributed by atoms with van der Waals surface area (Å²) in [6, 6.07) is 5.16. The van der Waals surface area contributed by atoms with E-state index in [2.05, 4.69) is 5.11 Å². The fourth-order valence-corrected chi connectivity index (χ4v) is 2.51. The first-order valence-electron chi connectivity index (χ1n) is 5.10. The number of halogens is 3. The van der Waals surface area contributed by atoms with Crippen LogP contribution in [0.25, 0.3) is 16.2 Å². The molecule has 3 nitrogen and oxygen atoms in total. The highest BCUT2D eigenvalue weighted by Gasteiger charge is 2.30. The molecule has 0 aliphatic rings. The van der Waals surface area contributed by atoms with Crippen LogP contribution in [-0.4, -0.2) is 5.91 Å². The number of carbonyl (C=O) groups is 1. The average Bonchev–Trinajstić information content (AvgIpc) is 2.76. The van der Waals surface area contributed by atoms with Crippen LogP contribution in [0.4, 0.5) is 13.2 Å². The number of thiophene rings is 1. The molecule has 1 heterocycles. The van der Waals surface area contributed by atoms with Gasteiger partial charge in [0, 0.05) is 15.7 Å². The van der Waals surface area contributed by atoms with E-state index >= 15 is 0 Å². The van der Waals surface area contributed by atoms with Gasteiger partial charge in [0.15, 0.2) is 0 Å². The van der Waals surface area contributed by atoms with E-state index in [1.54, 1.807) is 6.07 Å². The van der Waals surface area contributed by atoms with Crippen LogP contribution in [0.5, 0.6) is 0 Å². The van der Waals surface area contributed by atoms with Crippen molar-refractivity contribution in [1.29, 1.82) is 5.53 Å². The normalized spacial score (nSPS) is 12.2. The van der Waals surface area contributed by atoms with Gasteiger partial charge in [-0.15, -0.1) is 16.5 Å². The Morgan fingerprint density at radius 2 is 2.05 bits per heavy atom. The van der Waals surface area contributed by atoms with Crippen LogP contribution in [0.2, 0.25) is 0 Å². The molecule has 0 bridgehead atoms. The molecule has 0 radical (unpaired) electrons. The number of fused-ring (bicyclic) bond motifs is 1. The Balaban J connectivity index is 2.38. The molecular weight excluding hydrogens is 277 g/mol. The highest BCUT2D eigenvalue weighted by Crippen LogP contribution is 2.34. The maximum Gasteiger partial charge on any atom is 0.416 e. The zero-order valence-electron chi connectivity index (χ0n) is 9.36. The van der Waals surface area contributed by atoms with Gasteiger partial charge in [-0.25, -0.2) is 5.53 Å². The molecule has 0 fully saturated rings. The lowest BCUT2D eigenvalue weighted by atomic mass is 10.1. The lowest BCUT2D eigenvalue weighted by Crippen LogP contribution is -2.03. The van der Waals surface area contributed by atoms with Crippen molar-refractivity contribution in [1.82, 2.24) is 0 Å². The number of carbonyl (C=O) groups excluding carboxylic acids is 1. The standard InChI is InChI=1S/C12H7F3N2OS/c13-12(14,15)8-2-1-7-5-9(19-10(7)6-8)3-4-11(18)17-16/h1-6,16H/b4-3+,17-16?. The second-order valence-corrected chi connectivity index (χ2v) is 4.80. The van der Waals surface area contributed by atoms with Gasteiger partial charge in [-0.2, -0.15) is 13.2 Å². The summed E-state index contributed by atoms with van der Waals surface area (Å²) < 4.78 is 38.1. The van der Waals surface area contributed by atoms with E-state index in [9.17, 15) is 18.0 Å². The van der Waals surface area contributed by atoms with Crippen molar-refractivity contribution >= 4 is 33.4 Å². The Hall–Kier alpha value is -2.02. The summed E-state index contributed by atoms with van der Waals surface area (Å²) in [5, 5.41) is 3.36. The summed E-state index contributed by atoms with van der Waals surface area (Å²) in [6.07, 6.45) is -1.84. The van der Waals surface area contributed by atoms with E-state index in [4.69, 9.17) is 5.53 Å². The van der Waals surface area contributed by atoms with E-state index in [1.165, 1.54) is 12.1 Å². The Morgan fingerprint density at radius 3 is 2.68 bits per heavy atom. The van der Waals surface area contributed by atoms with Gasteiger partial charge in [0.25, 0.3) is 5.91 Å². The highest BCUT2D eigenvalue weighted by atomic mass is 32.1. The number of alkyl halides is 3. The first kappa shape index (κ1) is 13.4. The molecule has 1 N–H and O–H groups in total. The van der Waals surface area contributed by atoms with Gasteiger partial charge >= 0.3 is 6.18 Å². The third-order valence-electron chi connectivity index (χ3n) is 2.37. The molecule has 0 aliphatic carbocycles. The van der Waals surface area contributed by atoms with E-state index in [0.29, 0.717) is 15.0 Å². The number of rotatable bonds is 2. The van der Waals surface area contributed by atoms with Crippen molar-refractivity contribution in [2.75, 3.05) is 0 Å². The molecule has 1 aromatic carbocycles. The lowest BCUT2D eigenvalue weighted by Gasteiger charge is -2.05. The predicted octanol–water partition coefficient (Wildman–Crippen LogP) is 4.49. The third-order valence-corrected chi connectivity index (χ3v) is 3.43. The Kier molecular flexibility index (Phi) is 3.48. The van der Waals surface area contributed by atoms with Crippen LogP contribution in [0.1, 0.15) is 10.4 Å². The summed E-state index contributed by atoms with van der Waals surface area (Å²) in [5.41, 5.74) is 5.78. The Morgan fingerprint density at radius 1 is 1.32 bits per heavy atom. The van der Waals surface area contributed by atoms with Crippen molar-refractivity contribution in [2.24, 2.45) is 5.11 Å². The summed E-state index contributed by atoms with van der Waals surface area (Å²) >= 11 is 1.14. The smallest absolute Gasteiger partial charge is 0.266 e. The number of amides is 1. The zero-order valence-corrected chi connectivity index (χ0v) is 10.2. The van der Waals surface area contributed by atoms with Gasteiger partial charge in [-0.1, -0.05) is 6.07 Å². The second-order valence-electron chi connectivity index (χ2n) is 3.68. The second kappa shape index (κ2) is 4.93. The third kappa shape index (κ3) is 3.05. The Bertz CT molecular complexity index is 673. The van der Waals surface area contributed by atoms with Gasteiger partial charge in [0.05, 0.1) is 5.56 Å². The molecule has 1 aromatic heterocycles. The quantitative estimate of drug-likeness (QED) is 0.641. The van der Waals surface area contributed by atoms with E-state index in [0.717, 1.165) is 29.5 Å². The molecule has 98 valence electrons.